The molecule has 0 aromatic heterocycles. The summed E-state index contributed by atoms with van der Waals surface area (Å²) < 4.78 is 5.34. The molecule has 4 atom stereocenters. The van der Waals surface area contributed by atoms with E-state index in [2.05, 4.69) is 0 Å². The molecule has 0 unspecified atom stereocenters. The first-order valence-electron chi connectivity index (χ1n) is 7.68. The van der Waals surface area contributed by atoms with Gasteiger partial charge in [-0.15, -0.1) is 0 Å². The third-order valence-electron chi connectivity index (χ3n) is 4.22. The normalized spacial score (nSPS) is 40.6. The summed E-state index contributed by atoms with van der Waals surface area (Å²) in [5.74, 6) is -0.189. The topological polar surface area (TPSA) is 66.8 Å². The zero-order valence-corrected chi connectivity index (χ0v) is 13.5. The van der Waals surface area contributed by atoms with E-state index in [4.69, 9.17) is 4.74 Å². The number of hydrogen-bond acceptors (Lipinski definition) is 4. The zero-order chi connectivity index (χ0) is 16.0. The van der Waals surface area contributed by atoms with Gasteiger partial charge in [0.15, 0.2) is 0 Å². The number of rotatable bonds is 0. The van der Waals surface area contributed by atoms with Crippen molar-refractivity contribution in [3.63, 3.8) is 0 Å². The molecule has 0 fully saturated rings. The molecule has 1 heterocycles. The molecule has 4 heteroatoms. The fourth-order valence-corrected chi connectivity index (χ4v) is 2.27. The van der Waals surface area contributed by atoms with E-state index in [1.807, 2.05) is 26.8 Å². The van der Waals surface area contributed by atoms with Crippen LogP contribution in [0.2, 0.25) is 0 Å². The number of hydrogen-bond donors (Lipinski definition) is 2. The average molecular weight is 296 g/mol. The second kappa shape index (κ2) is 7.76. The summed E-state index contributed by atoms with van der Waals surface area (Å²) in [6.45, 7) is 7.46. The van der Waals surface area contributed by atoms with Crippen molar-refractivity contribution in [1.29, 1.82) is 0 Å². The molecule has 120 valence electrons. The predicted molar refractivity (Wildman–Crippen MR) is 82.7 cm³/mol. The van der Waals surface area contributed by atoms with E-state index in [0.29, 0.717) is 12.8 Å². The van der Waals surface area contributed by atoms with Crippen LogP contribution < -0.4 is 0 Å². The van der Waals surface area contributed by atoms with Gasteiger partial charge in [0.25, 0.3) is 0 Å². The van der Waals surface area contributed by atoms with Crippen molar-refractivity contribution in [1.82, 2.24) is 0 Å². The Balaban J connectivity index is 2.87. The molecule has 0 aliphatic carbocycles. The van der Waals surface area contributed by atoms with E-state index in [1.54, 1.807) is 6.92 Å². The van der Waals surface area contributed by atoms with Crippen LogP contribution in [-0.2, 0) is 9.53 Å². The van der Waals surface area contributed by atoms with Gasteiger partial charge in [0, 0.05) is 6.08 Å². The maximum absolute atomic E-state index is 11.7. The summed E-state index contributed by atoms with van der Waals surface area (Å²) in [6, 6.07) is 0. The highest BCUT2D eigenvalue weighted by molar-refractivity contribution is 5.82. The lowest BCUT2D eigenvalue weighted by atomic mass is 9.93. The Morgan fingerprint density at radius 1 is 1.33 bits per heavy atom. The Kier molecular flexibility index (Phi) is 6.62. The van der Waals surface area contributed by atoms with Gasteiger partial charge in [-0.05, 0) is 64.0 Å². The van der Waals surface area contributed by atoms with Crippen LogP contribution in [0.4, 0.5) is 0 Å². The van der Waals surface area contributed by atoms with Gasteiger partial charge in [-0.2, -0.15) is 0 Å². The minimum atomic E-state index is -1.13. The van der Waals surface area contributed by atoms with Crippen molar-refractivity contribution in [3.8, 4) is 0 Å². The fraction of sp³-hybridized carbons (Fsp3) is 0.706. The van der Waals surface area contributed by atoms with E-state index in [1.165, 1.54) is 12.2 Å². The highest BCUT2D eigenvalue weighted by atomic mass is 16.5. The molecule has 0 aromatic carbocycles. The number of cyclic esters (lactones) is 1. The summed E-state index contributed by atoms with van der Waals surface area (Å²) >= 11 is 0. The van der Waals surface area contributed by atoms with Crippen LogP contribution in [0, 0.1) is 5.92 Å². The van der Waals surface area contributed by atoms with Crippen LogP contribution in [0.3, 0.4) is 0 Å². The van der Waals surface area contributed by atoms with Crippen LogP contribution in [0.5, 0.6) is 0 Å². The fourth-order valence-electron chi connectivity index (χ4n) is 2.27. The zero-order valence-electron chi connectivity index (χ0n) is 13.5. The molecule has 0 aromatic rings. The van der Waals surface area contributed by atoms with Gasteiger partial charge in [0.05, 0.1) is 11.7 Å². The third-order valence-corrected chi connectivity index (χ3v) is 4.22. The van der Waals surface area contributed by atoms with E-state index >= 15 is 0 Å². The average Bonchev–Trinajstić information content (AvgIpc) is 2.41. The van der Waals surface area contributed by atoms with Gasteiger partial charge in [0.1, 0.15) is 6.10 Å². The van der Waals surface area contributed by atoms with Crippen LogP contribution in [0.15, 0.2) is 23.8 Å². The minimum Gasteiger partial charge on any atom is -0.459 e. The first kappa shape index (κ1) is 17.9. The van der Waals surface area contributed by atoms with Crippen LogP contribution in [0.25, 0.3) is 0 Å². The summed E-state index contributed by atoms with van der Waals surface area (Å²) in [6.07, 6.45) is 6.63. The maximum atomic E-state index is 11.7. The Hall–Kier alpha value is -1.13. The van der Waals surface area contributed by atoms with Crippen LogP contribution >= 0.6 is 0 Å². The molecule has 1 aliphatic heterocycles. The Morgan fingerprint density at radius 2 is 2.00 bits per heavy atom. The summed E-state index contributed by atoms with van der Waals surface area (Å²) in [7, 11) is 0. The predicted octanol–water partition coefficient (Wildman–Crippen LogP) is 2.74. The highest BCUT2D eigenvalue weighted by Crippen LogP contribution is 2.21. The molecular weight excluding hydrogens is 268 g/mol. The number of aliphatic hydroxyl groups is 2. The molecule has 1 rings (SSSR count). The number of esters is 1. The largest absolute Gasteiger partial charge is 0.459 e. The lowest BCUT2D eigenvalue weighted by Crippen LogP contribution is -2.25. The van der Waals surface area contributed by atoms with E-state index in [9.17, 15) is 15.0 Å². The molecule has 0 spiro atoms. The smallest absolute Gasteiger partial charge is 0.330 e. The monoisotopic (exact) mass is 296 g/mol. The first-order chi connectivity index (χ1) is 9.71. The van der Waals surface area contributed by atoms with Crippen molar-refractivity contribution >= 4 is 5.97 Å². The molecule has 0 saturated heterocycles. The van der Waals surface area contributed by atoms with Gasteiger partial charge in [0.2, 0.25) is 0 Å². The number of carbonyl (C=O) groups is 1. The quantitative estimate of drug-likeness (QED) is 0.533. The van der Waals surface area contributed by atoms with Gasteiger partial charge in [-0.3, -0.25) is 0 Å². The molecule has 2 N–H and O–H groups in total. The van der Waals surface area contributed by atoms with Gasteiger partial charge in [-0.1, -0.05) is 13.0 Å². The van der Waals surface area contributed by atoms with E-state index in [-0.39, 0.29) is 12.0 Å². The Bertz CT molecular complexity index is 409. The SMILES string of the molecule is C/C1=C\CC[C@H](C)[C@@H](C)OC(=O)/C=C/[C@](C)(O)CC[C@@H]1O. The van der Waals surface area contributed by atoms with Crippen molar-refractivity contribution in [2.75, 3.05) is 0 Å². The number of aliphatic hydroxyl groups excluding tert-OH is 1. The van der Waals surface area contributed by atoms with Crippen molar-refractivity contribution in [3.05, 3.63) is 23.8 Å². The van der Waals surface area contributed by atoms with Crippen LogP contribution in [0.1, 0.15) is 53.4 Å². The molecule has 1 aliphatic rings. The molecular formula is C17H28O4. The Labute approximate surface area is 127 Å². The lowest BCUT2D eigenvalue weighted by molar-refractivity contribution is -0.144. The van der Waals surface area contributed by atoms with Crippen molar-refractivity contribution in [2.45, 2.75) is 71.2 Å². The minimum absolute atomic E-state index is 0.173. The second-order valence-corrected chi connectivity index (χ2v) is 6.39. The number of allylic oxidation sites excluding steroid dienone is 1. The first-order valence-corrected chi connectivity index (χ1v) is 7.68. The Morgan fingerprint density at radius 3 is 2.67 bits per heavy atom. The third kappa shape index (κ3) is 6.44. The van der Waals surface area contributed by atoms with Crippen LogP contribution in [-0.4, -0.2) is 34.0 Å². The van der Waals surface area contributed by atoms with E-state index < -0.39 is 17.7 Å². The standard InChI is InChI=1S/C17H28O4/c1-12-6-5-7-13(2)15(18)8-10-17(4,20)11-9-16(19)21-14(12)3/h7,9,11-12,14-15,18,20H,5-6,8,10H2,1-4H3/b11-9+,13-7+/t12-,14+,15-,17+/m0/s1. The van der Waals surface area contributed by atoms with Gasteiger partial charge >= 0.3 is 5.97 Å². The molecule has 21 heavy (non-hydrogen) atoms. The number of ether oxygens (including phenoxy) is 1. The summed E-state index contributed by atoms with van der Waals surface area (Å²) in [5.41, 5.74) is -0.192. The molecule has 0 bridgehead atoms. The van der Waals surface area contributed by atoms with Crippen molar-refractivity contribution < 1.29 is 19.7 Å². The summed E-state index contributed by atoms with van der Waals surface area (Å²) in [4.78, 5) is 11.7. The van der Waals surface area contributed by atoms with Crippen molar-refractivity contribution in [2.24, 2.45) is 5.92 Å². The molecule has 0 amide bonds. The summed E-state index contributed by atoms with van der Waals surface area (Å²) in [5, 5.41) is 20.3. The van der Waals surface area contributed by atoms with Gasteiger partial charge < -0.3 is 14.9 Å². The van der Waals surface area contributed by atoms with Gasteiger partial charge in [-0.25, -0.2) is 4.79 Å². The molecule has 0 saturated carbocycles. The second-order valence-electron chi connectivity index (χ2n) is 6.39. The molecule has 0 radical (unpaired) electrons. The highest BCUT2D eigenvalue weighted by Gasteiger charge is 2.21. The molecule has 4 nitrogen and oxygen atoms in total. The maximum Gasteiger partial charge on any atom is 0.330 e. The lowest BCUT2D eigenvalue weighted by Gasteiger charge is -2.23. The number of carbonyl (C=O) groups excluding carboxylic acids is 1. The van der Waals surface area contributed by atoms with E-state index in [0.717, 1.165) is 18.4 Å².